The van der Waals surface area contributed by atoms with Crippen LogP contribution in [0.5, 0.6) is 0 Å². The van der Waals surface area contributed by atoms with Gasteiger partial charge < -0.3 is 10.7 Å². The Morgan fingerprint density at radius 3 is 2.44 bits per heavy atom. The molecule has 0 unspecified atom stereocenters. The molecule has 0 spiro atoms. The van der Waals surface area contributed by atoms with Crippen molar-refractivity contribution in [2.24, 2.45) is 5.73 Å². The number of rotatable bonds is 1. The zero-order chi connectivity index (χ0) is 11.1. The highest BCUT2D eigenvalue weighted by Crippen LogP contribution is 2.31. The molecule has 0 amide bonds. The lowest BCUT2D eigenvalue weighted by atomic mass is 10.1. The molecule has 0 fully saturated rings. The van der Waals surface area contributed by atoms with Crippen LogP contribution in [0.3, 0.4) is 0 Å². The predicted octanol–water partition coefficient (Wildman–Crippen LogP) is 3.07. The quantitative estimate of drug-likeness (QED) is 0.802. The maximum absolute atomic E-state index is 12.4. The van der Waals surface area contributed by atoms with Gasteiger partial charge >= 0.3 is 6.18 Å². The fraction of sp³-hybridized carbons (Fsp3) is 0.200. The number of nitrogens with two attached hydrogens (primary N) is 1. The molecular weight excluding hydrogens is 241 g/mol. The molecule has 1 aromatic carbocycles. The Balaban J connectivity index is 0.00000128. The van der Waals surface area contributed by atoms with Crippen LogP contribution in [-0.4, -0.2) is 4.98 Å². The molecule has 0 aliphatic carbocycles. The Bertz CT molecular complexity index is 490. The standard InChI is InChI=1S/C10H9F3N2.ClH/c11-10(12,13)9-4-7-3-6(5-14)1-2-8(7)15-9;/h1-4,15H,5,14H2;1H. The summed E-state index contributed by atoms with van der Waals surface area (Å²) in [5.41, 5.74) is 5.96. The summed E-state index contributed by atoms with van der Waals surface area (Å²) in [7, 11) is 0. The molecule has 0 radical (unpaired) electrons. The molecule has 3 N–H and O–H groups in total. The number of benzene rings is 1. The van der Waals surface area contributed by atoms with Crippen molar-refractivity contribution in [3.8, 4) is 0 Å². The number of aromatic nitrogens is 1. The molecule has 2 aromatic rings. The van der Waals surface area contributed by atoms with E-state index in [2.05, 4.69) is 4.98 Å². The minimum absolute atomic E-state index is 0. The zero-order valence-corrected chi connectivity index (χ0v) is 8.95. The third kappa shape index (κ3) is 2.31. The molecular formula is C10H10ClF3N2. The maximum Gasteiger partial charge on any atom is 0.431 e. The van der Waals surface area contributed by atoms with Crippen LogP contribution >= 0.6 is 12.4 Å². The topological polar surface area (TPSA) is 41.8 Å². The van der Waals surface area contributed by atoms with E-state index in [0.717, 1.165) is 11.6 Å². The van der Waals surface area contributed by atoms with Crippen LogP contribution in [-0.2, 0) is 12.7 Å². The van der Waals surface area contributed by atoms with Gasteiger partial charge in [-0.15, -0.1) is 12.4 Å². The maximum atomic E-state index is 12.4. The Hall–Kier alpha value is -1.20. The highest BCUT2D eigenvalue weighted by Gasteiger charge is 2.32. The lowest BCUT2D eigenvalue weighted by Crippen LogP contribution is -2.04. The lowest BCUT2D eigenvalue weighted by molar-refractivity contribution is -0.140. The van der Waals surface area contributed by atoms with Crippen molar-refractivity contribution >= 4 is 23.3 Å². The van der Waals surface area contributed by atoms with Crippen molar-refractivity contribution in [3.63, 3.8) is 0 Å². The molecule has 0 atom stereocenters. The zero-order valence-electron chi connectivity index (χ0n) is 8.14. The molecule has 1 heterocycles. The number of hydrogen-bond donors (Lipinski definition) is 2. The second-order valence-corrected chi connectivity index (χ2v) is 3.31. The Kier molecular flexibility index (Phi) is 3.50. The smallest absolute Gasteiger partial charge is 0.351 e. The number of nitrogens with one attached hydrogen (secondary N) is 1. The number of halogens is 4. The van der Waals surface area contributed by atoms with Crippen LogP contribution in [0, 0.1) is 0 Å². The summed E-state index contributed by atoms with van der Waals surface area (Å²) in [6, 6.07) is 6.06. The van der Waals surface area contributed by atoms with Crippen LogP contribution < -0.4 is 5.73 Å². The summed E-state index contributed by atoms with van der Waals surface area (Å²) >= 11 is 0. The van der Waals surface area contributed by atoms with E-state index in [9.17, 15) is 13.2 Å². The minimum atomic E-state index is -4.33. The minimum Gasteiger partial charge on any atom is -0.351 e. The van der Waals surface area contributed by atoms with Crippen LogP contribution in [0.15, 0.2) is 24.3 Å². The lowest BCUT2D eigenvalue weighted by Gasteiger charge is -2.00. The van der Waals surface area contributed by atoms with E-state index < -0.39 is 11.9 Å². The van der Waals surface area contributed by atoms with Gasteiger partial charge in [0.2, 0.25) is 0 Å². The first kappa shape index (κ1) is 12.9. The molecule has 6 heteroatoms. The summed E-state index contributed by atoms with van der Waals surface area (Å²) < 4.78 is 37.1. The summed E-state index contributed by atoms with van der Waals surface area (Å²) in [6.45, 7) is 0.322. The van der Waals surface area contributed by atoms with E-state index in [4.69, 9.17) is 5.73 Å². The van der Waals surface area contributed by atoms with Gasteiger partial charge in [0, 0.05) is 17.4 Å². The largest absolute Gasteiger partial charge is 0.431 e. The van der Waals surface area contributed by atoms with Gasteiger partial charge in [0.15, 0.2) is 0 Å². The first-order chi connectivity index (χ1) is 7.00. The van der Waals surface area contributed by atoms with Gasteiger partial charge in [-0.2, -0.15) is 13.2 Å². The summed E-state index contributed by atoms with van der Waals surface area (Å²) in [4.78, 5) is 2.32. The molecule has 2 rings (SSSR count). The number of aromatic amines is 1. The first-order valence-electron chi connectivity index (χ1n) is 4.39. The average Bonchev–Trinajstić information content (AvgIpc) is 2.59. The molecule has 0 saturated carbocycles. The number of alkyl halides is 3. The van der Waals surface area contributed by atoms with Crippen LogP contribution in [0.2, 0.25) is 0 Å². The molecule has 88 valence electrons. The van der Waals surface area contributed by atoms with Crippen molar-refractivity contribution in [1.29, 1.82) is 0 Å². The molecule has 1 aromatic heterocycles. The highest BCUT2D eigenvalue weighted by molar-refractivity contribution is 5.85. The van der Waals surface area contributed by atoms with E-state index >= 15 is 0 Å². The fourth-order valence-corrected chi connectivity index (χ4v) is 1.46. The highest BCUT2D eigenvalue weighted by atomic mass is 35.5. The summed E-state index contributed by atoms with van der Waals surface area (Å²) in [6.07, 6.45) is -4.33. The van der Waals surface area contributed by atoms with Gasteiger partial charge in [0.05, 0.1) is 0 Å². The predicted molar refractivity (Wildman–Crippen MR) is 58.4 cm³/mol. The SMILES string of the molecule is Cl.NCc1ccc2[nH]c(C(F)(F)F)cc2c1. The number of hydrogen-bond acceptors (Lipinski definition) is 1. The van der Waals surface area contributed by atoms with Gasteiger partial charge in [0.1, 0.15) is 5.69 Å². The molecule has 2 nitrogen and oxygen atoms in total. The van der Waals surface area contributed by atoms with Crippen molar-refractivity contribution in [2.45, 2.75) is 12.7 Å². The summed E-state index contributed by atoms with van der Waals surface area (Å²) in [5, 5.41) is 0.533. The van der Waals surface area contributed by atoms with Crippen LogP contribution in [0.25, 0.3) is 10.9 Å². The van der Waals surface area contributed by atoms with Gasteiger partial charge in [-0.05, 0) is 23.8 Å². The van der Waals surface area contributed by atoms with Crippen LogP contribution in [0.1, 0.15) is 11.3 Å². The van der Waals surface area contributed by atoms with Gasteiger partial charge in [-0.25, -0.2) is 0 Å². The van der Waals surface area contributed by atoms with Gasteiger partial charge in [0.25, 0.3) is 0 Å². The molecule has 16 heavy (non-hydrogen) atoms. The normalized spacial score (nSPS) is 11.5. The van der Waals surface area contributed by atoms with E-state index in [1.165, 1.54) is 0 Å². The second kappa shape index (κ2) is 4.35. The van der Waals surface area contributed by atoms with E-state index in [1.54, 1.807) is 18.2 Å². The van der Waals surface area contributed by atoms with Crippen molar-refractivity contribution in [1.82, 2.24) is 4.98 Å². The van der Waals surface area contributed by atoms with E-state index in [1.807, 2.05) is 0 Å². The second-order valence-electron chi connectivity index (χ2n) is 3.31. The Labute approximate surface area is 96.0 Å². The van der Waals surface area contributed by atoms with Gasteiger partial charge in [-0.3, -0.25) is 0 Å². The molecule has 0 aliphatic rings. The average molecular weight is 251 g/mol. The van der Waals surface area contributed by atoms with Crippen molar-refractivity contribution in [2.75, 3.05) is 0 Å². The monoisotopic (exact) mass is 250 g/mol. The van der Waals surface area contributed by atoms with Crippen LogP contribution in [0.4, 0.5) is 13.2 Å². The molecule has 0 bridgehead atoms. The molecule has 0 saturated heterocycles. The Morgan fingerprint density at radius 2 is 1.88 bits per heavy atom. The molecule has 0 aliphatic heterocycles. The first-order valence-corrected chi connectivity index (χ1v) is 4.39. The summed E-state index contributed by atoms with van der Waals surface area (Å²) in [5.74, 6) is 0. The fourth-order valence-electron chi connectivity index (χ4n) is 1.46. The van der Waals surface area contributed by atoms with E-state index in [-0.39, 0.29) is 12.4 Å². The third-order valence-electron chi connectivity index (χ3n) is 2.23. The Morgan fingerprint density at radius 1 is 1.19 bits per heavy atom. The van der Waals surface area contributed by atoms with Gasteiger partial charge in [-0.1, -0.05) is 6.07 Å². The number of fused-ring (bicyclic) bond motifs is 1. The number of H-pyrrole nitrogens is 1. The van der Waals surface area contributed by atoms with Crippen molar-refractivity contribution < 1.29 is 13.2 Å². The third-order valence-corrected chi connectivity index (χ3v) is 2.23. The van der Waals surface area contributed by atoms with Crippen molar-refractivity contribution in [3.05, 3.63) is 35.5 Å². The van der Waals surface area contributed by atoms with E-state index in [0.29, 0.717) is 17.4 Å².